The molecule has 0 aliphatic heterocycles. The van der Waals surface area contributed by atoms with Gasteiger partial charge in [-0.05, 0) is 19.3 Å². The van der Waals surface area contributed by atoms with Crippen molar-refractivity contribution in [2.24, 2.45) is 0 Å². The maximum absolute atomic E-state index is 13.3. The normalized spacial score (nSPS) is 20.1. The molecule has 4 rings (SSSR count). The van der Waals surface area contributed by atoms with E-state index in [2.05, 4.69) is 15.4 Å². The van der Waals surface area contributed by atoms with E-state index in [1.165, 1.54) is 40.2 Å². The summed E-state index contributed by atoms with van der Waals surface area (Å²) in [6.07, 6.45) is 3.72. The van der Waals surface area contributed by atoms with E-state index in [-0.39, 0.29) is 23.5 Å². The highest BCUT2D eigenvalue weighted by Crippen LogP contribution is 2.29. The largest absolute Gasteiger partial charge is 0.488 e. The van der Waals surface area contributed by atoms with Crippen molar-refractivity contribution in [2.75, 3.05) is 5.32 Å². The fourth-order valence-electron chi connectivity index (χ4n) is 2.96. The fourth-order valence-corrected chi connectivity index (χ4v) is 3.80. The van der Waals surface area contributed by atoms with Crippen molar-refractivity contribution in [3.63, 3.8) is 0 Å². The summed E-state index contributed by atoms with van der Waals surface area (Å²) in [6.45, 7) is 0. The maximum atomic E-state index is 13.3. The monoisotopic (exact) mass is 364 g/mol. The van der Waals surface area contributed by atoms with E-state index in [0.717, 1.165) is 25.3 Å². The number of hydrogen-bond acceptors (Lipinski definition) is 6. The van der Waals surface area contributed by atoms with Crippen LogP contribution in [0.3, 0.4) is 0 Å². The maximum Gasteiger partial charge on any atom is 0.275 e. The molecule has 1 fully saturated rings. The van der Waals surface area contributed by atoms with E-state index in [9.17, 15) is 13.6 Å². The van der Waals surface area contributed by atoms with Crippen LogP contribution in [-0.4, -0.2) is 26.7 Å². The minimum absolute atomic E-state index is 0.0670. The zero-order valence-corrected chi connectivity index (χ0v) is 13.8. The molecule has 0 unspecified atom stereocenters. The number of halogens is 2. The van der Waals surface area contributed by atoms with E-state index in [4.69, 9.17) is 4.74 Å². The molecule has 0 amide bonds. The first kappa shape index (κ1) is 15.9. The van der Waals surface area contributed by atoms with Crippen molar-refractivity contribution in [3.8, 4) is 5.75 Å². The zero-order valence-electron chi connectivity index (χ0n) is 13.0. The molecule has 9 heteroatoms. The fraction of sp³-hybridized carbons (Fsp3) is 0.312. The molecule has 6 nitrogen and oxygen atoms in total. The van der Waals surface area contributed by atoms with Crippen LogP contribution in [0.2, 0.25) is 0 Å². The van der Waals surface area contributed by atoms with Gasteiger partial charge in [0.05, 0.1) is 6.04 Å². The average Bonchev–Trinajstić information content (AvgIpc) is 3.14. The first-order valence-corrected chi connectivity index (χ1v) is 8.64. The van der Waals surface area contributed by atoms with Gasteiger partial charge in [0.2, 0.25) is 10.1 Å². The summed E-state index contributed by atoms with van der Waals surface area (Å²) in [4.78, 5) is 16.3. The van der Waals surface area contributed by atoms with Crippen LogP contribution in [-0.2, 0) is 0 Å². The molecule has 1 N–H and O–H groups in total. The van der Waals surface area contributed by atoms with E-state index in [1.54, 1.807) is 0 Å². The number of hydrogen-bond donors (Lipinski definition) is 1. The van der Waals surface area contributed by atoms with Crippen LogP contribution in [0.1, 0.15) is 19.3 Å². The number of nitrogens with one attached hydrogen (secondary N) is 1. The van der Waals surface area contributed by atoms with Crippen molar-refractivity contribution in [1.82, 2.24) is 14.6 Å². The van der Waals surface area contributed by atoms with Crippen molar-refractivity contribution in [1.29, 1.82) is 0 Å². The second kappa shape index (κ2) is 6.40. The van der Waals surface area contributed by atoms with Gasteiger partial charge in [0.1, 0.15) is 23.5 Å². The molecule has 1 saturated carbocycles. The zero-order chi connectivity index (χ0) is 17.4. The number of aromatic nitrogens is 3. The Morgan fingerprint density at radius 2 is 2.04 bits per heavy atom. The van der Waals surface area contributed by atoms with Crippen LogP contribution >= 0.6 is 11.3 Å². The summed E-state index contributed by atoms with van der Waals surface area (Å²) in [7, 11) is 0. The molecule has 2 atom stereocenters. The van der Waals surface area contributed by atoms with Gasteiger partial charge in [-0.3, -0.25) is 4.79 Å². The molecular weight excluding hydrogens is 350 g/mol. The lowest BCUT2D eigenvalue weighted by Gasteiger charge is -2.22. The Morgan fingerprint density at radius 3 is 2.80 bits per heavy atom. The van der Waals surface area contributed by atoms with Crippen LogP contribution in [0.25, 0.3) is 4.96 Å². The van der Waals surface area contributed by atoms with Crippen molar-refractivity contribution >= 4 is 21.4 Å². The summed E-state index contributed by atoms with van der Waals surface area (Å²) in [6, 6.07) is 4.42. The molecule has 25 heavy (non-hydrogen) atoms. The third-order valence-corrected chi connectivity index (χ3v) is 4.91. The Balaban J connectivity index is 1.52. The Labute approximate surface area is 145 Å². The van der Waals surface area contributed by atoms with Crippen LogP contribution < -0.4 is 15.6 Å². The standard InChI is InChI=1S/C16H14F2N4O2S/c17-9-6-10(18)8-11(7-9)24-13-3-1-2-12(13)20-15-21-22-14(23)4-5-19-16(22)25-15/h4-8,12-13H,1-3H2,(H,20,21)/t12-,13+/m0/s1. The molecule has 0 saturated heterocycles. The van der Waals surface area contributed by atoms with E-state index >= 15 is 0 Å². The smallest absolute Gasteiger partial charge is 0.275 e. The third kappa shape index (κ3) is 3.32. The van der Waals surface area contributed by atoms with Gasteiger partial charge in [-0.1, -0.05) is 11.3 Å². The minimum Gasteiger partial charge on any atom is -0.488 e. The van der Waals surface area contributed by atoms with E-state index < -0.39 is 11.6 Å². The average molecular weight is 364 g/mol. The van der Waals surface area contributed by atoms with Crippen LogP contribution in [0.5, 0.6) is 5.75 Å². The highest BCUT2D eigenvalue weighted by Gasteiger charge is 2.30. The first-order valence-electron chi connectivity index (χ1n) is 7.83. The van der Waals surface area contributed by atoms with Gasteiger partial charge in [-0.2, -0.15) is 4.52 Å². The predicted octanol–water partition coefficient (Wildman–Crippen LogP) is 2.84. The number of anilines is 1. The summed E-state index contributed by atoms with van der Waals surface area (Å²) in [5.74, 6) is -1.18. The third-order valence-electron chi connectivity index (χ3n) is 4.06. The molecule has 1 aliphatic rings. The molecule has 1 aliphatic carbocycles. The van der Waals surface area contributed by atoms with Gasteiger partial charge in [-0.25, -0.2) is 13.8 Å². The molecular formula is C16H14F2N4O2S. The lowest BCUT2D eigenvalue weighted by Crippen LogP contribution is -2.33. The first-order chi connectivity index (χ1) is 12.1. The van der Waals surface area contributed by atoms with Crippen LogP contribution in [0.4, 0.5) is 13.9 Å². The molecule has 0 bridgehead atoms. The summed E-state index contributed by atoms with van der Waals surface area (Å²) >= 11 is 1.27. The Morgan fingerprint density at radius 1 is 1.24 bits per heavy atom. The number of fused-ring (bicyclic) bond motifs is 1. The SMILES string of the molecule is O=c1ccnc2sc(N[C@H]3CCC[C@H]3Oc3cc(F)cc(F)c3)nn12. The van der Waals surface area contributed by atoms with E-state index in [0.29, 0.717) is 10.1 Å². The Kier molecular flexibility index (Phi) is 4.08. The van der Waals surface area contributed by atoms with Gasteiger partial charge >= 0.3 is 0 Å². The molecule has 3 aromatic rings. The van der Waals surface area contributed by atoms with Gasteiger partial charge in [0.15, 0.2) is 0 Å². The Bertz CT molecular complexity index is 954. The molecule has 130 valence electrons. The van der Waals surface area contributed by atoms with Crippen molar-refractivity contribution in [2.45, 2.75) is 31.4 Å². The molecule has 2 aromatic heterocycles. The quantitative estimate of drug-likeness (QED) is 0.771. The topological polar surface area (TPSA) is 68.5 Å². The lowest BCUT2D eigenvalue weighted by atomic mass is 10.2. The van der Waals surface area contributed by atoms with Crippen molar-refractivity contribution in [3.05, 3.63) is 52.5 Å². The predicted molar refractivity (Wildman–Crippen MR) is 89.2 cm³/mol. The summed E-state index contributed by atoms with van der Waals surface area (Å²) in [5, 5.41) is 8.03. The number of nitrogens with zero attached hydrogens (tertiary/aromatic N) is 3. The van der Waals surface area contributed by atoms with Gasteiger partial charge in [0, 0.05) is 30.5 Å². The van der Waals surface area contributed by atoms with Gasteiger partial charge in [0.25, 0.3) is 5.56 Å². The Hall–Kier alpha value is -2.55. The molecule has 1 aromatic carbocycles. The lowest BCUT2D eigenvalue weighted by molar-refractivity contribution is 0.197. The van der Waals surface area contributed by atoms with Gasteiger partial charge < -0.3 is 10.1 Å². The molecule has 0 radical (unpaired) electrons. The molecule has 0 spiro atoms. The highest BCUT2D eigenvalue weighted by atomic mass is 32.1. The second-order valence-corrected chi connectivity index (χ2v) is 6.78. The minimum atomic E-state index is -0.672. The summed E-state index contributed by atoms with van der Waals surface area (Å²) in [5.41, 5.74) is -0.247. The second-order valence-electron chi connectivity index (χ2n) is 5.83. The van der Waals surface area contributed by atoms with Gasteiger partial charge in [-0.15, -0.1) is 5.10 Å². The summed E-state index contributed by atoms with van der Waals surface area (Å²) < 4.78 is 33.6. The van der Waals surface area contributed by atoms with Crippen LogP contribution in [0.15, 0.2) is 35.3 Å². The number of ether oxygens (including phenoxy) is 1. The van der Waals surface area contributed by atoms with E-state index in [1.807, 2.05) is 0 Å². The number of rotatable bonds is 4. The van der Waals surface area contributed by atoms with Crippen LogP contribution in [0, 0.1) is 11.6 Å². The van der Waals surface area contributed by atoms with Crippen molar-refractivity contribution < 1.29 is 13.5 Å². The number of benzene rings is 1. The molecule has 2 heterocycles. The highest BCUT2D eigenvalue weighted by molar-refractivity contribution is 7.20.